The standard InChI is InChI=1S/C27H32F6N2O2/c1-24-11-9-17-15(4-8-21-25(17,2)12-10-22(36)35-21)16(24)6-7-19(24)23(37)34-20-13-14(26(28,29)30)3-5-18(20)27(31,32)33/h3,5,13,15-17,19,21H,4,6-12H2,1-2H3,(H,34,37)(H,35,36)/t15?,16-,17?,19+,21+,24-,25+/m0/s1. The van der Waals surface area contributed by atoms with E-state index in [4.69, 9.17) is 0 Å². The molecule has 5 rings (SSSR count). The monoisotopic (exact) mass is 530 g/mol. The van der Waals surface area contributed by atoms with Crippen molar-refractivity contribution in [3.8, 4) is 0 Å². The molecule has 3 saturated carbocycles. The molecule has 1 heterocycles. The van der Waals surface area contributed by atoms with Gasteiger partial charge in [0.05, 0.1) is 16.8 Å². The second kappa shape index (κ2) is 8.63. The molecular formula is C27H32F6N2O2. The lowest BCUT2D eigenvalue weighted by atomic mass is 9.47. The first-order chi connectivity index (χ1) is 17.1. The Labute approximate surface area is 211 Å². The molecule has 4 fully saturated rings. The van der Waals surface area contributed by atoms with Gasteiger partial charge in [-0.25, -0.2) is 0 Å². The molecule has 7 atom stereocenters. The second-order valence-corrected chi connectivity index (χ2v) is 12.0. The molecule has 37 heavy (non-hydrogen) atoms. The van der Waals surface area contributed by atoms with Crippen molar-refractivity contribution in [1.29, 1.82) is 0 Å². The largest absolute Gasteiger partial charge is 0.418 e. The lowest BCUT2D eigenvalue weighted by Gasteiger charge is -2.60. The molecule has 4 aliphatic rings. The first kappa shape index (κ1) is 26.4. The number of hydrogen-bond donors (Lipinski definition) is 2. The fraction of sp³-hybridized carbons (Fsp3) is 0.704. The number of anilines is 1. The van der Waals surface area contributed by atoms with Crippen molar-refractivity contribution in [1.82, 2.24) is 5.32 Å². The number of benzene rings is 1. The molecule has 0 aromatic heterocycles. The van der Waals surface area contributed by atoms with Crippen LogP contribution in [0.15, 0.2) is 18.2 Å². The molecule has 0 radical (unpaired) electrons. The van der Waals surface area contributed by atoms with Crippen LogP contribution in [0, 0.1) is 34.5 Å². The Morgan fingerprint density at radius 3 is 2.30 bits per heavy atom. The topological polar surface area (TPSA) is 58.2 Å². The van der Waals surface area contributed by atoms with E-state index in [9.17, 15) is 35.9 Å². The summed E-state index contributed by atoms with van der Waals surface area (Å²) in [6, 6.07) is 1.29. The van der Waals surface area contributed by atoms with Gasteiger partial charge in [-0.15, -0.1) is 0 Å². The minimum absolute atomic E-state index is 0.0157. The molecule has 1 saturated heterocycles. The Bertz CT molecular complexity index is 1100. The molecule has 10 heteroatoms. The van der Waals surface area contributed by atoms with Crippen LogP contribution in [0.1, 0.15) is 76.3 Å². The Morgan fingerprint density at radius 2 is 1.62 bits per heavy atom. The van der Waals surface area contributed by atoms with Crippen LogP contribution >= 0.6 is 0 Å². The van der Waals surface area contributed by atoms with E-state index in [-0.39, 0.29) is 23.3 Å². The predicted molar refractivity (Wildman–Crippen MR) is 124 cm³/mol. The highest BCUT2D eigenvalue weighted by molar-refractivity contribution is 5.94. The van der Waals surface area contributed by atoms with Gasteiger partial charge < -0.3 is 10.6 Å². The van der Waals surface area contributed by atoms with Crippen LogP contribution in [0.5, 0.6) is 0 Å². The second-order valence-electron chi connectivity index (χ2n) is 12.0. The van der Waals surface area contributed by atoms with Crippen LogP contribution in [-0.4, -0.2) is 17.9 Å². The number of piperidine rings is 1. The van der Waals surface area contributed by atoms with Crippen molar-refractivity contribution in [3.05, 3.63) is 29.3 Å². The number of alkyl halides is 6. The smallest absolute Gasteiger partial charge is 0.353 e. The van der Waals surface area contributed by atoms with E-state index in [1.807, 2.05) is 6.92 Å². The summed E-state index contributed by atoms with van der Waals surface area (Å²) in [6.07, 6.45) is -3.78. The lowest BCUT2D eigenvalue weighted by Crippen LogP contribution is -2.61. The van der Waals surface area contributed by atoms with Crippen LogP contribution < -0.4 is 10.6 Å². The summed E-state index contributed by atoms with van der Waals surface area (Å²) in [7, 11) is 0. The summed E-state index contributed by atoms with van der Waals surface area (Å²) in [6.45, 7) is 4.28. The van der Waals surface area contributed by atoms with Gasteiger partial charge in [-0.2, -0.15) is 26.3 Å². The van der Waals surface area contributed by atoms with E-state index in [2.05, 4.69) is 17.6 Å². The van der Waals surface area contributed by atoms with Crippen LogP contribution in [-0.2, 0) is 21.9 Å². The number of hydrogen-bond acceptors (Lipinski definition) is 2. The molecule has 2 amide bonds. The average Bonchev–Trinajstić information content (AvgIpc) is 3.15. The van der Waals surface area contributed by atoms with Gasteiger partial charge in [0.25, 0.3) is 0 Å². The lowest BCUT2D eigenvalue weighted by molar-refractivity contribution is -0.141. The zero-order valence-corrected chi connectivity index (χ0v) is 20.9. The van der Waals surface area contributed by atoms with Gasteiger partial charge in [0, 0.05) is 18.4 Å². The van der Waals surface area contributed by atoms with Crippen molar-refractivity contribution in [2.75, 3.05) is 5.32 Å². The summed E-state index contributed by atoms with van der Waals surface area (Å²) < 4.78 is 80.4. The highest BCUT2D eigenvalue weighted by atomic mass is 19.4. The van der Waals surface area contributed by atoms with Gasteiger partial charge in [-0.3, -0.25) is 9.59 Å². The summed E-state index contributed by atoms with van der Waals surface area (Å²) in [5.41, 5.74) is -3.83. The van der Waals surface area contributed by atoms with Gasteiger partial charge in [0.15, 0.2) is 0 Å². The number of rotatable bonds is 2. The maximum atomic E-state index is 13.6. The zero-order chi connectivity index (χ0) is 27.0. The molecule has 0 spiro atoms. The van der Waals surface area contributed by atoms with Crippen molar-refractivity contribution >= 4 is 17.5 Å². The van der Waals surface area contributed by atoms with E-state index in [1.165, 1.54) is 0 Å². The van der Waals surface area contributed by atoms with Gasteiger partial charge >= 0.3 is 12.4 Å². The Kier molecular flexibility index (Phi) is 6.15. The molecule has 0 bridgehead atoms. The Balaban J connectivity index is 1.39. The molecule has 2 N–H and O–H groups in total. The highest BCUT2D eigenvalue weighted by Crippen LogP contribution is 2.65. The third kappa shape index (κ3) is 4.32. The first-order valence-corrected chi connectivity index (χ1v) is 13.0. The maximum absolute atomic E-state index is 13.6. The molecule has 1 aromatic rings. The molecular weight excluding hydrogens is 498 g/mol. The van der Waals surface area contributed by atoms with E-state index < -0.39 is 46.4 Å². The summed E-state index contributed by atoms with van der Waals surface area (Å²) in [5.74, 6) is -0.170. The van der Waals surface area contributed by atoms with E-state index in [0.29, 0.717) is 42.9 Å². The highest BCUT2D eigenvalue weighted by Gasteiger charge is 2.61. The molecule has 1 aliphatic heterocycles. The molecule has 1 aromatic carbocycles. The average molecular weight is 531 g/mol. The van der Waals surface area contributed by atoms with Gasteiger partial charge in [-0.05, 0) is 91.7 Å². The van der Waals surface area contributed by atoms with Crippen LogP contribution in [0.25, 0.3) is 0 Å². The van der Waals surface area contributed by atoms with Crippen molar-refractivity contribution < 1.29 is 35.9 Å². The third-order valence-corrected chi connectivity index (χ3v) is 10.3. The number of carbonyl (C=O) groups excluding carboxylic acids is 2. The number of fused-ring (bicyclic) bond motifs is 5. The minimum Gasteiger partial charge on any atom is -0.353 e. The SMILES string of the molecule is C[C@]12CCC3C(CC[C@H]4NC(=O)CC[C@]34C)[C@@H]1CC[C@@H]2C(=O)Nc1cc(C(F)(F)F)ccc1C(F)(F)F. The number of carbonyl (C=O) groups is 2. The quantitative estimate of drug-likeness (QED) is 0.413. The minimum atomic E-state index is -4.91. The van der Waals surface area contributed by atoms with Gasteiger partial charge in [-0.1, -0.05) is 13.8 Å². The Morgan fingerprint density at radius 1 is 0.919 bits per heavy atom. The number of nitrogens with one attached hydrogen (secondary N) is 2. The summed E-state index contributed by atoms with van der Waals surface area (Å²) in [5, 5.41) is 5.43. The maximum Gasteiger partial charge on any atom is 0.418 e. The fourth-order valence-electron chi connectivity index (χ4n) is 8.42. The van der Waals surface area contributed by atoms with E-state index in [0.717, 1.165) is 38.5 Å². The van der Waals surface area contributed by atoms with E-state index in [1.54, 1.807) is 0 Å². The fourth-order valence-corrected chi connectivity index (χ4v) is 8.42. The molecule has 2 unspecified atom stereocenters. The van der Waals surface area contributed by atoms with Crippen molar-refractivity contribution in [3.63, 3.8) is 0 Å². The Hall–Kier alpha value is -2.26. The van der Waals surface area contributed by atoms with Crippen molar-refractivity contribution in [2.45, 2.75) is 83.6 Å². The zero-order valence-electron chi connectivity index (χ0n) is 20.9. The number of amides is 2. The van der Waals surface area contributed by atoms with Crippen LogP contribution in [0.2, 0.25) is 0 Å². The predicted octanol–water partition coefficient (Wildman–Crippen LogP) is 6.80. The van der Waals surface area contributed by atoms with Gasteiger partial charge in [0.2, 0.25) is 11.8 Å². The van der Waals surface area contributed by atoms with Gasteiger partial charge in [0.1, 0.15) is 0 Å². The third-order valence-electron chi connectivity index (χ3n) is 10.3. The van der Waals surface area contributed by atoms with Crippen LogP contribution in [0.3, 0.4) is 0 Å². The normalized spacial score (nSPS) is 37.7. The summed E-state index contributed by atoms with van der Waals surface area (Å²) >= 11 is 0. The first-order valence-electron chi connectivity index (χ1n) is 13.0. The molecule has 3 aliphatic carbocycles. The molecule has 204 valence electrons. The molecule has 4 nitrogen and oxygen atoms in total. The van der Waals surface area contributed by atoms with Crippen LogP contribution in [0.4, 0.5) is 32.0 Å². The van der Waals surface area contributed by atoms with E-state index >= 15 is 0 Å². The van der Waals surface area contributed by atoms with Crippen molar-refractivity contribution in [2.24, 2.45) is 34.5 Å². The number of halogens is 6. The summed E-state index contributed by atoms with van der Waals surface area (Å²) in [4.78, 5) is 25.4.